The summed E-state index contributed by atoms with van der Waals surface area (Å²) in [5.74, 6) is 0.972. The summed E-state index contributed by atoms with van der Waals surface area (Å²) in [7, 11) is 0. The summed E-state index contributed by atoms with van der Waals surface area (Å²) >= 11 is 0. The third-order valence-electron chi connectivity index (χ3n) is 5.92. The van der Waals surface area contributed by atoms with Gasteiger partial charge >= 0.3 is 5.97 Å². The highest BCUT2D eigenvalue weighted by molar-refractivity contribution is 5.68. The standard InChI is InChI=1S/C22H28N4O4/c1-15-6-10-26(11-7-15)22-23-19-13-25(9-8-18(19)21(29)24-22)12-16-2-4-17(5-3-16)30-14-20(27)28/h2-5,15H,6-14H2,1H3,(H,27,28)(H,23,24,29). The molecule has 0 radical (unpaired) electrons. The fourth-order valence-electron chi connectivity index (χ4n) is 4.08. The van der Waals surface area contributed by atoms with Crippen LogP contribution in [0.15, 0.2) is 29.1 Å². The van der Waals surface area contributed by atoms with Gasteiger partial charge in [-0.25, -0.2) is 9.78 Å². The third kappa shape index (κ3) is 4.81. The van der Waals surface area contributed by atoms with E-state index in [2.05, 4.69) is 21.7 Å². The number of carbonyl (C=O) groups is 1. The van der Waals surface area contributed by atoms with E-state index in [0.717, 1.165) is 61.8 Å². The van der Waals surface area contributed by atoms with E-state index in [-0.39, 0.29) is 12.2 Å². The molecule has 2 N–H and O–H groups in total. The monoisotopic (exact) mass is 412 g/mol. The minimum atomic E-state index is -0.994. The van der Waals surface area contributed by atoms with Gasteiger partial charge in [-0.3, -0.25) is 14.7 Å². The molecule has 0 saturated carbocycles. The van der Waals surface area contributed by atoms with E-state index < -0.39 is 5.97 Å². The Kier molecular flexibility index (Phi) is 6.03. The molecular formula is C22H28N4O4. The smallest absolute Gasteiger partial charge is 0.341 e. The van der Waals surface area contributed by atoms with Crippen molar-refractivity contribution < 1.29 is 14.6 Å². The molecule has 0 amide bonds. The lowest BCUT2D eigenvalue weighted by Gasteiger charge is -2.32. The summed E-state index contributed by atoms with van der Waals surface area (Å²) < 4.78 is 5.18. The number of benzene rings is 1. The Morgan fingerprint density at radius 2 is 1.97 bits per heavy atom. The van der Waals surface area contributed by atoms with Crippen molar-refractivity contribution in [1.29, 1.82) is 0 Å². The fraction of sp³-hybridized carbons (Fsp3) is 0.500. The van der Waals surface area contributed by atoms with Gasteiger partial charge in [0.05, 0.1) is 5.69 Å². The van der Waals surface area contributed by atoms with Crippen LogP contribution in [-0.2, 0) is 24.3 Å². The first-order chi connectivity index (χ1) is 14.5. The average Bonchev–Trinajstić information content (AvgIpc) is 2.73. The molecule has 1 fully saturated rings. The number of anilines is 1. The number of piperidine rings is 1. The van der Waals surface area contributed by atoms with Crippen LogP contribution in [0.3, 0.4) is 0 Å². The van der Waals surface area contributed by atoms with Crippen molar-refractivity contribution in [3.8, 4) is 5.75 Å². The van der Waals surface area contributed by atoms with E-state index >= 15 is 0 Å². The van der Waals surface area contributed by atoms with Gasteiger partial charge in [0.25, 0.3) is 5.56 Å². The zero-order chi connectivity index (χ0) is 21.1. The Morgan fingerprint density at radius 1 is 1.23 bits per heavy atom. The van der Waals surface area contributed by atoms with Crippen LogP contribution in [0.4, 0.5) is 5.95 Å². The maximum Gasteiger partial charge on any atom is 0.341 e. The molecular weight excluding hydrogens is 384 g/mol. The van der Waals surface area contributed by atoms with Crippen LogP contribution in [0.5, 0.6) is 5.75 Å². The van der Waals surface area contributed by atoms with Crippen LogP contribution < -0.4 is 15.2 Å². The molecule has 0 atom stereocenters. The van der Waals surface area contributed by atoms with Gasteiger partial charge in [0.2, 0.25) is 5.95 Å². The summed E-state index contributed by atoms with van der Waals surface area (Å²) in [5, 5.41) is 8.69. The number of ether oxygens (including phenoxy) is 1. The lowest BCUT2D eigenvalue weighted by atomic mass is 9.99. The van der Waals surface area contributed by atoms with Gasteiger partial charge in [-0.05, 0) is 42.9 Å². The van der Waals surface area contributed by atoms with E-state index in [1.807, 2.05) is 12.1 Å². The summed E-state index contributed by atoms with van der Waals surface area (Å²) in [6.45, 7) is 5.97. The molecule has 8 nitrogen and oxygen atoms in total. The van der Waals surface area contributed by atoms with Crippen LogP contribution in [0.1, 0.15) is 36.6 Å². The third-order valence-corrected chi connectivity index (χ3v) is 5.92. The van der Waals surface area contributed by atoms with Gasteiger partial charge in [0.1, 0.15) is 5.75 Å². The normalized spacial score (nSPS) is 17.6. The van der Waals surface area contributed by atoms with Crippen LogP contribution in [-0.4, -0.2) is 52.2 Å². The molecule has 30 heavy (non-hydrogen) atoms. The summed E-state index contributed by atoms with van der Waals surface area (Å²) in [5.41, 5.74) is 2.78. The van der Waals surface area contributed by atoms with E-state index in [9.17, 15) is 9.59 Å². The second kappa shape index (κ2) is 8.87. The number of H-pyrrole nitrogens is 1. The van der Waals surface area contributed by atoms with E-state index in [0.29, 0.717) is 24.7 Å². The molecule has 0 bridgehead atoms. The first-order valence-corrected chi connectivity index (χ1v) is 10.5. The fourth-order valence-corrected chi connectivity index (χ4v) is 4.08. The van der Waals surface area contributed by atoms with E-state index in [4.69, 9.17) is 14.8 Å². The van der Waals surface area contributed by atoms with Crippen LogP contribution in [0.25, 0.3) is 0 Å². The number of nitrogens with zero attached hydrogens (tertiary/aromatic N) is 3. The van der Waals surface area contributed by atoms with Crippen molar-refractivity contribution in [2.45, 2.75) is 39.3 Å². The largest absolute Gasteiger partial charge is 0.482 e. The topological polar surface area (TPSA) is 98.8 Å². The maximum atomic E-state index is 12.6. The maximum absolute atomic E-state index is 12.6. The number of aromatic amines is 1. The zero-order valence-corrected chi connectivity index (χ0v) is 17.3. The van der Waals surface area contributed by atoms with Crippen molar-refractivity contribution in [3.63, 3.8) is 0 Å². The molecule has 1 aromatic heterocycles. The lowest BCUT2D eigenvalue weighted by molar-refractivity contribution is -0.139. The number of aliphatic carboxylic acids is 1. The molecule has 0 unspecified atom stereocenters. The quantitative estimate of drug-likeness (QED) is 0.749. The molecule has 0 spiro atoms. The predicted molar refractivity (Wildman–Crippen MR) is 113 cm³/mol. The van der Waals surface area contributed by atoms with Crippen molar-refractivity contribution in [2.24, 2.45) is 5.92 Å². The number of carboxylic acids is 1. The Hall–Kier alpha value is -2.87. The predicted octanol–water partition coefficient (Wildman–Crippen LogP) is 2.03. The highest BCUT2D eigenvalue weighted by Gasteiger charge is 2.24. The highest BCUT2D eigenvalue weighted by Crippen LogP contribution is 2.23. The molecule has 1 saturated heterocycles. The van der Waals surface area contributed by atoms with Gasteiger partial charge in [0.15, 0.2) is 6.61 Å². The molecule has 2 aliphatic heterocycles. The zero-order valence-electron chi connectivity index (χ0n) is 17.3. The minimum Gasteiger partial charge on any atom is -0.482 e. The van der Waals surface area contributed by atoms with Gasteiger partial charge in [-0.1, -0.05) is 19.1 Å². The molecule has 1 aromatic carbocycles. The van der Waals surface area contributed by atoms with Crippen molar-refractivity contribution >= 4 is 11.9 Å². The molecule has 0 aliphatic carbocycles. The van der Waals surface area contributed by atoms with E-state index in [1.54, 1.807) is 12.1 Å². The number of carboxylic acid groups (broad SMARTS) is 1. The molecule has 160 valence electrons. The van der Waals surface area contributed by atoms with Crippen molar-refractivity contribution in [1.82, 2.24) is 14.9 Å². The van der Waals surface area contributed by atoms with Crippen LogP contribution in [0.2, 0.25) is 0 Å². The van der Waals surface area contributed by atoms with Gasteiger partial charge in [0, 0.05) is 38.3 Å². The second-order valence-corrected chi connectivity index (χ2v) is 8.27. The number of hydrogen-bond donors (Lipinski definition) is 2. The first-order valence-electron chi connectivity index (χ1n) is 10.5. The van der Waals surface area contributed by atoms with Gasteiger partial charge in [-0.15, -0.1) is 0 Å². The number of fused-ring (bicyclic) bond motifs is 1. The minimum absolute atomic E-state index is 0.00629. The van der Waals surface area contributed by atoms with Crippen molar-refractivity contribution in [2.75, 3.05) is 31.1 Å². The Morgan fingerprint density at radius 3 is 2.67 bits per heavy atom. The Bertz CT molecular complexity index is 949. The van der Waals surface area contributed by atoms with Crippen LogP contribution in [0, 0.1) is 5.92 Å². The average molecular weight is 412 g/mol. The SMILES string of the molecule is CC1CCN(c2nc3c(c(=O)[nH]2)CCN(Cc2ccc(OCC(=O)O)cc2)C3)CC1. The summed E-state index contributed by atoms with van der Waals surface area (Å²) in [6, 6.07) is 7.46. The molecule has 2 aliphatic rings. The molecule has 4 rings (SSSR count). The number of aromatic nitrogens is 2. The number of hydrogen-bond acceptors (Lipinski definition) is 6. The Labute approximate surface area is 175 Å². The first kappa shape index (κ1) is 20.4. The summed E-state index contributed by atoms with van der Waals surface area (Å²) in [4.78, 5) is 35.5. The summed E-state index contributed by atoms with van der Waals surface area (Å²) in [6.07, 6.45) is 2.94. The molecule has 2 aromatic rings. The second-order valence-electron chi connectivity index (χ2n) is 8.27. The van der Waals surface area contributed by atoms with Crippen LogP contribution >= 0.6 is 0 Å². The Balaban J connectivity index is 1.42. The van der Waals surface area contributed by atoms with Crippen molar-refractivity contribution in [3.05, 3.63) is 51.4 Å². The molecule has 3 heterocycles. The van der Waals surface area contributed by atoms with Gasteiger partial charge in [-0.2, -0.15) is 0 Å². The molecule has 8 heteroatoms. The van der Waals surface area contributed by atoms with Gasteiger partial charge < -0.3 is 14.7 Å². The number of nitrogens with one attached hydrogen (secondary N) is 1. The lowest BCUT2D eigenvalue weighted by Crippen LogP contribution is -2.39. The number of rotatable bonds is 6. The highest BCUT2D eigenvalue weighted by atomic mass is 16.5. The van der Waals surface area contributed by atoms with E-state index in [1.165, 1.54) is 0 Å².